The lowest BCUT2D eigenvalue weighted by atomic mass is 10.00. The third-order valence-electron chi connectivity index (χ3n) is 2.64. The van der Waals surface area contributed by atoms with Crippen LogP contribution in [0.5, 0.6) is 0 Å². The Morgan fingerprint density at radius 2 is 1.94 bits per heavy atom. The van der Waals surface area contributed by atoms with E-state index in [2.05, 4.69) is 17.6 Å². The van der Waals surface area contributed by atoms with Crippen molar-refractivity contribution in [2.45, 2.75) is 11.8 Å². The lowest BCUT2D eigenvalue weighted by Gasteiger charge is -2.13. The normalized spacial score (nSPS) is 12.1. The number of alkyl halides is 1. The molecule has 0 spiro atoms. The van der Waals surface area contributed by atoms with Gasteiger partial charge < -0.3 is 0 Å². The fraction of sp³-hybridized carbons (Fsp3) is 0.133. The number of rotatable bonds is 4. The van der Waals surface area contributed by atoms with E-state index in [1.165, 1.54) is 5.56 Å². The van der Waals surface area contributed by atoms with Gasteiger partial charge in [-0.25, -0.2) is 0 Å². The first-order valence-corrected chi connectivity index (χ1v) is 6.00. The van der Waals surface area contributed by atoms with Gasteiger partial charge in [0, 0.05) is 6.20 Å². The maximum absolute atomic E-state index is 6.48. The molecule has 17 heavy (non-hydrogen) atoms. The van der Waals surface area contributed by atoms with Crippen LogP contribution < -0.4 is 0 Å². The summed E-state index contributed by atoms with van der Waals surface area (Å²) in [5.41, 5.74) is 3.19. The summed E-state index contributed by atoms with van der Waals surface area (Å²) in [4.78, 5) is 4.30. The Labute approximate surface area is 107 Å². The van der Waals surface area contributed by atoms with Gasteiger partial charge in [-0.2, -0.15) is 0 Å². The van der Waals surface area contributed by atoms with E-state index in [1.807, 2.05) is 42.5 Å². The molecule has 1 aromatic carbocycles. The molecule has 2 rings (SSSR count). The van der Waals surface area contributed by atoms with Crippen LogP contribution in [0.3, 0.4) is 0 Å². The summed E-state index contributed by atoms with van der Waals surface area (Å²) < 4.78 is 0. The van der Waals surface area contributed by atoms with Gasteiger partial charge in [0.1, 0.15) is 5.38 Å². The highest BCUT2D eigenvalue weighted by Crippen LogP contribution is 2.29. The van der Waals surface area contributed by atoms with Crippen LogP contribution in [0.25, 0.3) is 0 Å². The monoisotopic (exact) mass is 243 g/mol. The Morgan fingerprint density at radius 1 is 1.18 bits per heavy atom. The number of hydrogen-bond donors (Lipinski definition) is 0. The fourth-order valence-electron chi connectivity index (χ4n) is 1.81. The first kappa shape index (κ1) is 11.9. The SMILES string of the molecule is C=CCc1ccccc1C(Cl)c1ccccn1. The Bertz CT molecular complexity index is 493. The number of nitrogens with zero attached hydrogens (tertiary/aromatic N) is 1. The second-order valence-electron chi connectivity index (χ2n) is 3.81. The molecule has 0 N–H and O–H groups in total. The molecule has 0 aliphatic heterocycles. The Balaban J connectivity index is 2.37. The Kier molecular flexibility index (Phi) is 3.94. The van der Waals surface area contributed by atoms with E-state index in [9.17, 15) is 0 Å². The zero-order valence-electron chi connectivity index (χ0n) is 9.51. The smallest absolute Gasteiger partial charge is 0.101 e. The number of pyridine rings is 1. The lowest BCUT2D eigenvalue weighted by Crippen LogP contribution is -2.00. The van der Waals surface area contributed by atoms with Crippen molar-refractivity contribution in [3.05, 3.63) is 78.1 Å². The largest absolute Gasteiger partial charge is 0.259 e. The molecule has 1 aromatic heterocycles. The second-order valence-corrected chi connectivity index (χ2v) is 4.25. The zero-order chi connectivity index (χ0) is 12.1. The quantitative estimate of drug-likeness (QED) is 0.581. The van der Waals surface area contributed by atoms with Gasteiger partial charge in [-0.1, -0.05) is 36.4 Å². The molecule has 0 saturated carbocycles. The summed E-state index contributed by atoms with van der Waals surface area (Å²) in [6.45, 7) is 3.77. The van der Waals surface area contributed by atoms with Gasteiger partial charge in [0.15, 0.2) is 0 Å². The maximum atomic E-state index is 6.48. The third kappa shape index (κ3) is 2.75. The van der Waals surface area contributed by atoms with Gasteiger partial charge in [0.05, 0.1) is 5.69 Å². The first-order valence-electron chi connectivity index (χ1n) is 5.56. The second kappa shape index (κ2) is 5.65. The number of aromatic nitrogens is 1. The highest BCUT2D eigenvalue weighted by Gasteiger charge is 2.14. The van der Waals surface area contributed by atoms with Crippen LogP contribution in [-0.2, 0) is 6.42 Å². The van der Waals surface area contributed by atoms with Crippen LogP contribution in [0, 0.1) is 0 Å². The molecular weight excluding hydrogens is 230 g/mol. The van der Waals surface area contributed by atoms with Crippen LogP contribution in [0.1, 0.15) is 22.2 Å². The molecular formula is C15H14ClN. The number of allylic oxidation sites excluding steroid dienone is 1. The average Bonchev–Trinajstić information content (AvgIpc) is 2.40. The Hall–Kier alpha value is -1.60. The molecule has 0 aliphatic carbocycles. The van der Waals surface area contributed by atoms with Crippen LogP contribution >= 0.6 is 11.6 Å². The van der Waals surface area contributed by atoms with E-state index in [0.717, 1.165) is 17.7 Å². The minimum absolute atomic E-state index is 0.202. The van der Waals surface area contributed by atoms with Crippen LogP contribution in [0.4, 0.5) is 0 Å². The number of halogens is 1. The summed E-state index contributed by atoms with van der Waals surface area (Å²) in [5.74, 6) is 0. The first-order chi connectivity index (χ1) is 8.33. The van der Waals surface area contributed by atoms with Crippen molar-refractivity contribution in [3.8, 4) is 0 Å². The van der Waals surface area contributed by atoms with E-state index in [-0.39, 0.29) is 5.38 Å². The molecule has 86 valence electrons. The van der Waals surface area contributed by atoms with E-state index in [4.69, 9.17) is 11.6 Å². The van der Waals surface area contributed by atoms with E-state index >= 15 is 0 Å². The number of hydrogen-bond acceptors (Lipinski definition) is 1. The van der Waals surface area contributed by atoms with Crippen LogP contribution in [-0.4, -0.2) is 4.98 Å². The summed E-state index contributed by atoms with van der Waals surface area (Å²) >= 11 is 6.48. The molecule has 0 amide bonds. The summed E-state index contributed by atoms with van der Waals surface area (Å²) in [6.07, 6.45) is 4.48. The van der Waals surface area contributed by atoms with Crippen molar-refractivity contribution in [2.24, 2.45) is 0 Å². The van der Waals surface area contributed by atoms with E-state index in [1.54, 1.807) is 6.20 Å². The number of benzene rings is 1. The van der Waals surface area contributed by atoms with Crippen molar-refractivity contribution in [1.82, 2.24) is 4.98 Å². The van der Waals surface area contributed by atoms with E-state index in [0.29, 0.717) is 0 Å². The molecule has 1 heterocycles. The van der Waals surface area contributed by atoms with Crippen molar-refractivity contribution in [2.75, 3.05) is 0 Å². The fourth-order valence-corrected chi connectivity index (χ4v) is 2.15. The summed E-state index contributed by atoms with van der Waals surface area (Å²) in [7, 11) is 0. The summed E-state index contributed by atoms with van der Waals surface area (Å²) in [6, 6.07) is 13.9. The van der Waals surface area contributed by atoms with Crippen LogP contribution in [0.2, 0.25) is 0 Å². The molecule has 1 nitrogen and oxygen atoms in total. The van der Waals surface area contributed by atoms with Crippen molar-refractivity contribution >= 4 is 11.6 Å². The predicted molar refractivity (Wildman–Crippen MR) is 72.3 cm³/mol. The third-order valence-corrected chi connectivity index (χ3v) is 3.10. The zero-order valence-corrected chi connectivity index (χ0v) is 10.3. The Morgan fingerprint density at radius 3 is 2.65 bits per heavy atom. The molecule has 0 saturated heterocycles. The molecule has 0 aliphatic rings. The van der Waals surface area contributed by atoms with Crippen molar-refractivity contribution in [3.63, 3.8) is 0 Å². The summed E-state index contributed by atoms with van der Waals surface area (Å²) in [5, 5.41) is -0.202. The molecule has 0 radical (unpaired) electrons. The van der Waals surface area contributed by atoms with Gasteiger partial charge in [-0.3, -0.25) is 4.98 Å². The average molecular weight is 244 g/mol. The van der Waals surface area contributed by atoms with E-state index < -0.39 is 0 Å². The predicted octanol–water partition coefficient (Wildman–Crippen LogP) is 4.14. The molecule has 1 unspecified atom stereocenters. The van der Waals surface area contributed by atoms with Crippen LogP contribution in [0.15, 0.2) is 61.3 Å². The van der Waals surface area contributed by atoms with Gasteiger partial charge in [0.2, 0.25) is 0 Å². The van der Waals surface area contributed by atoms with Crippen molar-refractivity contribution < 1.29 is 0 Å². The standard InChI is InChI=1S/C15H14ClN/c1-2-7-12-8-3-4-9-13(12)15(16)14-10-5-6-11-17-14/h2-6,8-11,15H,1,7H2. The molecule has 0 fully saturated rings. The highest BCUT2D eigenvalue weighted by molar-refractivity contribution is 6.22. The highest BCUT2D eigenvalue weighted by atomic mass is 35.5. The lowest BCUT2D eigenvalue weighted by molar-refractivity contribution is 1.01. The molecule has 2 aromatic rings. The molecule has 0 bridgehead atoms. The minimum atomic E-state index is -0.202. The topological polar surface area (TPSA) is 12.9 Å². The van der Waals surface area contributed by atoms with Gasteiger partial charge in [-0.15, -0.1) is 18.2 Å². The van der Waals surface area contributed by atoms with Gasteiger partial charge >= 0.3 is 0 Å². The maximum Gasteiger partial charge on any atom is 0.101 e. The molecule has 2 heteroatoms. The molecule has 1 atom stereocenters. The van der Waals surface area contributed by atoms with Crippen molar-refractivity contribution in [1.29, 1.82) is 0 Å². The van der Waals surface area contributed by atoms with Gasteiger partial charge in [-0.05, 0) is 29.7 Å². The van der Waals surface area contributed by atoms with Gasteiger partial charge in [0.25, 0.3) is 0 Å². The minimum Gasteiger partial charge on any atom is -0.259 e.